The molecule has 1 N–H and O–H groups in total. The summed E-state index contributed by atoms with van der Waals surface area (Å²) in [5.41, 5.74) is 1.39. The minimum Gasteiger partial charge on any atom is -0.353 e. The molecule has 0 unspecified atom stereocenters. The lowest BCUT2D eigenvalue weighted by molar-refractivity contribution is -0.139. The third kappa shape index (κ3) is 5.05. The summed E-state index contributed by atoms with van der Waals surface area (Å²) in [5, 5.41) is 3.48. The van der Waals surface area contributed by atoms with Crippen molar-refractivity contribution in [2.45, 2.75) is 108 Å². The number of carbonyl (C=O) groups is 2. The first kappa shape index (κ1) is 23.3. The van der Waals surface area contributed by atoms with Crippen LogP contribution in [-0.4, -0.2) is 34.8 Å². The van der Waals surface area contributed by atoms with Crippen molar-refractivity contribution in [3.8, 4) is 0 Å². The summed E-state index contributed by atoms with van der Waals surface area (Å²) in [6.45, 7) is 3.16. The quantitative estimate of drug-likeness (QED) is 0.507. The molecule has 0 radical (unpaired) electrons. The van der Waals surface area contributed by atoms with Crippen molar-refractivity contribution >= 4 is 11.8 Å². The van der Waals surface area contributed by atoms with Gasteiger partial charge in [0.05, 0.1) is 0 Å². The molecule has 2 heterocycles. The summed E-state index contributed by atoms with van der Waals surface area (Å²) in [7, 11) is 0. The Balaban J connectivity index is 1.50. The summed E-state index contributed by atoms with van der Waals surface area (Å²) in [5.74, 6) is 1.49. The second-order valence-electron chi connectivity index (χ2n) is 10.5. The number of carbonyl (C=O) groups excluding carboxylic acids is 2. The van der Waals surface area contributed by atoms with E-state index in [0.29, 0.717) is 30.6 Å². The number of hydrogen-bond acceptors (Lipinski definition) is 2. The van der Waals surface area contributed by atoms with Gasteiger partial charge in [-0.1, -0.05) is 62.9 Å². The van der Waals surface area contributed by atoms with E-state index in [1.54, 1.807) is 0 Å². The van der Waals surface area contributed by atoms with Crippen LogP contribution in [0.3, 0.4) is 0 Å². The molecule has 1 saturated carbocycles. The molecule has 4 heteroatoms. The summed E-state index contributed by atoms with van der Waals surface area (Å²) in [6.07, 6.45) is 14.7. The van der Waals surface area contributed by atoms with Gasteiger partial charge in [-0.3, -0.25) is 9.59 Å². The minimum atomic E-state index is 0.0361. The van der Waals surface area contributed by atoms with E-state index < -0.39 is 0 Å². The molecule has 2 amide bonds. The average molecular weight is 439 g/mol. The summed E-state index contributed by atoms with van der Waals surface area (Å²) < 4.78 is 0. The number of hydrogen-bond donors (Lipinski definition) is 1. The fraction of sp³-hybridized carbons (Fsp3) is 0.714. The zero-order valence-electron chi connectivity index (χ0n) is 20.0. The first-order chi connectivity index (χ1) is 15.6. The van der Waals surface area contributed by atoms with E-state index in [1.165, 1.54) is 24.8 Å². The lowest BCUT2D eigenvalue weighted by Crippen LogP contribution is -2.60. The maximum atomic E-state index is 12.9. The molecule has 1 aliphatic carbocycles. The molecule has 2 saturated heterocycles. The number of rotatable bonds is 9. The fourth-order valence-electron chi connectivity index (χ4n) is 7.01. The van der Waals surface area contributed by atoms with E-state index in [2.05, 4.69) is 47.5 Å². The lowest BCUT2D eigenvalue weighted by Gasteiger charge is -2.53. The Bertz CT molecular complexity index is 764. The van der Waals surface area contributed by atoms with Crippen LogP contribution < -0.4 is 5.32 Å². The molecular formula is C28H42N2O2. The average Bonchev–Trinajstić information content (AvgIpc) is 3.16. The van der Waals surface area contributed by atoms with E-state index in [1.807, 2.05) is 0 Å². The zero-order chi connectivity index (χ0) is 22.4. The van der Waals surface area contributed by atoms with Crippen LogP contribution in [-0.2, 0) is 16.0 Å². The third-order valence-electron chi connectivity index (χ3n) is 8.52. The summed E-state index contributed by atoms with van der Waals surface area (Å²) in [4.78, 5) is 28.1. The molecule has 4 atom stereocenters. The molecule has 176 valence electrons. The predicted octanol–water partition coefficient (Wildman–Crippen LogP) is 5.65. The SMILES string of the molecule is CCCCCCCC(=O)N[C@H]1CC[C@@]23CCCN2C(=O)CCC[C@H]3[C@H]1Cc1ccccc1. The largest absolute Gasteiger partial charge is 0.353 e. The van der Waals surface area contributed by atoms with Crippen LogP contribution in [0.5, 0.6) is 0 Å². The van der Waals surface area contributed by atoms with E-state index in [4.69, 9.17) is 0 Å². The molecule has 3 aliphatic rings. The van der Waals surface area contributed by atoms with Crippen LogP contribution in [0.1, 0.15) is 96.0 Å². The number of nitrogens with zero attached hydrogens (tertiary/aromatic N) is 1. The fourth-order valence-corrected chi connectivity index (χ4v) is 7.01. The van der Waals surface area contributed by atoms with Crippen molar-refractivity contribution in [3.05, 3.63) is 35.9 Å². The van der Waals surface area contributed by atoms with Crippen LogP contribution in [0.2, 0.25) is 0 Å². The van der Waals surface area contributed by atoms with Crippen LogP contribution in [0.4, 0.5) is 0 Å². The smallest absolute Gasteiger partial charge is 0.223 e. The molecule has 0 aromatic heterocycles. The van der Waals surface area contributed by atoms with Gasteiger partial charge in [0.1, 0.15) is 0 Å². The van der Waals surface area contributed by atoms with Crippen molar-refractivity contribution in [3.63, 3.8) is 0 Å². The highest BCUT2D eigenvalue weighted by Crippen LogP contribution is 2.52. The molecule has 1 spiro atoms. The van der Waals surface area contributed by atoms with Crippen LogP contribution in [0, 0.1) is 11.8 Å². The standard InChI is InChI=1S/C28H42N2O2/c1-2-3-4-5-9-15-26(31)29-25-17-19-28-18-11-20-30(28)27(32)16-10-14-24(28)23(25)21-22-12-7-6-8-13-22/h6-8,12-13,23-25H,2-5,9-11,14-21H2,1H3,(H,29,31)/t23-,24+,25+,28-/m1/s1. The van der Waals surface area contributed by atoms with Crippen molar-refractivity contribution in [2.75, 3.05) is 6.54 Å². The number of benzene rings is 1. The molecule has 0 bridgehead atoms. The van der Waals surface area contributed by atoms with Crippen molar-refractivity contribution in [2.24, 2.45) is 11.8 Å². The van der Waals surface area contributed by atoms with E-state index >= 15 is 0 Å². The minimum absolute atomic E-state index is 0.0361. The Morgan fingerprint density at radius 1 is 1.06 bits per heavy atom. The number of nitrogens with one attached hydrogen (secondary N) is 1. The molecule has 32 heavy (non-hydrogen) atoms. The van der Waals surface area contributed by atoms with E-state index in [9.17, 15) is 9.59 Å². The van der Waals surface area contributed by atoms with Crippen molar-refractivity contribution < 1.29 is 9.59 Å². The molecule has 3 fully saturated rings. The highest BCUT2D eigenvalue weighted by Gasteiger charge is 2.56. The molecular weight excluding hydrogens is 396 g/mol. The molecule has 4 rings (SSSR count). The highest BCUT2D eigenvalue weighted by atomic mass is 16.2. The predicted molar refractivity (Wildman–Crippen MR) is 129 cm³/mol. The Hall–Kier alpha value is -1.84. The molecule has 1 aromatic rings. The first-order valence-corrected chi connectivity index (χ1v) is 13.3. The van der Waals surface area contributed by atoms with Crippen LogP contribution in [0.25, 0.3) is 0 Å². The summed E-state index contributed by atoms with van der Waals surface area (Å²) >= 11 is 0. The maximum absolute atomic E-state index is 12.9. The lowest BCUT2D eigenvalue weighted by atomic mass is 9.61. The highest BCUT2D eigenvalue weighted by molar-refractivity contribution is 5.78. The third-order valence-corrected chi connectivity index (χ3v) is 8.52. The molecule has 2 aliphatic heterocycles. The van der Waals surface area contributed by atoms with E-state index in [0.717, 1.165) is 64.3 Å². The zero-order valence-corrected chi connectivity index (χ0v) is 20.0. The van der Waals surface area contributed by atoms with Gasteiger partial charge in [-0.25, -0.2) is 0 Å². The molecule has 4 nitrogen and oxygen atoms in total. The maximum Gasteiger partial charge on any atom is 0.223 e. The normalized spacial score (nSPS) is 29.8. The van der Waals surface area contributed by atoms with Gasteiger partial charge in [0, 0.05) is 31.0 Å². The second kappa shape index (κ2) is 10.9. The topological polar surface area (TPSA) is 49.4 Å². The first-order valence-electron chi connectivity index (χ1n) is 13.3. The van der Waals surface area contributed by atoms with Gasteiger partial charge in [0.25, 0.3) is 0 Å². The van der Waals surface area contributed by atoms with Crippen LogP contribution >= 0.6 is 0 Å². The van der Waals surface area contributed by atoms with Gasteiger partial charge in [0.2, 0.25) is 11.8 Å². The van der Waals surface area contributed by atoms with Gasteiger partial charge in [-0.15, -0.1) is 0 Å². The molecule has 1 aromatic carbocycles. The van der Waals surface area contributed by atoms with Crippen molar-refractivity contribution in [1.82, 2.24) is 10.2 Å². The monoisotopic (exact) mass is 438 g/mol. The van der Waals surface area contributed by atoms with Gasteiger partial charge in [0.15, 0.2) is 0 Å². The second-order valence-corrected chi connectivity index (χ2v) is 10.5. The van der Waals surface area contributed by atoms with Gasteiger partial charge >= 0.3 is 0 Å². The Labute approximate surface area is 194 Å². The van der Waals surface area contributed by atoms with Gasteiger partial charge in [-0.2, -0.15) is 0 Å². The number of amides is 2. The van der Waals surface area contributed by atoms with Crippen LogP contribution in [0.15, 0.2) is 30.3 Å². The summed E-state index contributed by atoms with van der Waals surface area (Å²) in [6, 6.07) is 11.0. The van der Waals surface area contributed by atoms with Gasteiger partial charge < -0.3 is 10.2 Å². The van der Waals surface area contributed by atoms with Gasteiger partial charge in [-0.05, 0) is 68.8 Å². The number of unbranched alkanes of at least 4 members (excludes halogenated alkanes) is 4. The Morgan fingerprint density at radius 2 is 1.88 bits per heavy atom. The van der Waals surface area contributed by atoms with Crippen molar-refractivity contribution in [1.29, 1.82) is 0 Å². The Kier molecular flexibility index (Phi) is 7.91. The van der Waals surface area contributed by atoms with E-state index in [-0.39, 0.29) is 17.5 Å². The Morgan fingerprint density at radius 3 is 2.69 bits per heavy atom.